The van der Waals surface area contributed by atoms with Gasteiger partial charge in [-0.15, -0.1) is 0 Å². The third-order valence-corrected chi connectivity index (χ3v) is 8.05. The zero-order valence-electron chi connectivity index (χ0n) is 20.1. The minimum Gasteiger partial charge on any atom is -0.496 e. The molecule has 5 rings (SSSR count). The van der Waals surface area contributed by atoms with E-state index in [-0.39, 0.29) is 35.3 Å². The molecule has 0 aromatic heterocycles. The molecular weight excluding hydrogens is 425 g/mol. The topological polar surface area (TPSA) is 103 Å². The molecule has 1 amide bonds. The van der Waals surface area contributed by atoms with Crippen LogP contribution in [0.1, 0.15) is 56.5 Å². The van der Waals surface area contributed by atoms with Crippen molar-refractivity contribution >= 4 is 19.0 Å². The summed E-state index contributed by atoms with van der Waals surface area (Å²) in [6.45, 7) is 8.92. The number of aromatic carboxylic acids is 1. The quantitative estimate of drug-likeness (QED) is 0.548. The number of ether oxygens (including phenoxy) is 2. The summed E-state index contributed by atoms with van der Waals surface area (Å²) in [4.78, 5) is 24.3. The van der Waals surface area contributed by atoms with E-state index in [4.69, 9.17) is 18.8 Å². The second-order valence-electron chi connectivity index (χ2n) is 10.2. The molecule has 4 fully saturated rings. The molecule has 180 valence electrons. The van der Waals surface area contributed by atoms with Crippen LogP contribution in [0.3, 0.4) is 0 Å². The lowest BCUT2D eigenvalue weighted by Crippen LogP contribution is -2.65. The van der Waals surface area contributed by atoms with Crippen molar-refractivity contribution in [1.29, 1.82) is 0 Å². The Bertz CT molecular complexity index is 922. The van der Waals surface area contributed by atoms with E-state index in [1.54, 1.807) is 12.1 Å². The van der Waals surface area contributed by atoms with Crippen LogP contribution in [0.15, 0.2) is 18.2 Å². The standard InChI is InChI=1S/C24H34BNO7/c1-6-31-13-20(27)26-19(10-14-8-7-9-16(22(28)29)21(14)30-5)25-32-18-12-15-11-17(23(15,2)3)24(18,4)33-25/h7-9,15,17-19H,6,10-13H2,1-5H3,(H,26,27)(H,28,29). The number of hydrogen-bond donors (Lipinski definition) is 2. The molecule has 3 aliphatic carbocycles. The summed E-state index contributed by atoms with van der Waals surface area (Å²) in [5, 5.41) is 12.6. The van der Waals surface area contributed by atoms with Crippen molar-refractivity contribution in [1.82, 2.24) is 5.32 Å². The summed E-state index contributed by atoms with van der Waals surface area (Å²) < 4.78 is 23.7. The maximum atomic E-state index is 12.6. The number of para-hydroxylation sites is 1. The van der Waals surface area contributed by atoms with Gasteiger partial charge in [-0.05, 0) is 62.0 Å². The predicted octanol–water partition coefficient (Wildman–Crippen LogP) is 2.72. The number of carbonyl (C=O) groups excluding carboxylic acids is 1. The number of rotatable bonds is 9. The zero-order chi connectivity index (χ0) is 24.0. The summed E-state index contributed by atoms with van der Waals surface area (Å²) in [7, 11) is 0.792. The highest BCUT2D eigenvalue weighted by atomic mass is 16.7. The summed E-state index contributed by atoms with van der Waals surface area (Å²) in [6.07, 6.45) is 2.34. The van der Waals surface area contributed by atoms with E-state index in [0.717, 1.165) is 12.8 Å². The molecule has 2 N–H and O–H groups in total. The lowest BCUT2D eigenvalue weighted by Gasteiger charge is -2.64. The highest BCUT2D eigenvalue weighted by Gasteiger charge is 2.68. The van der Waals surface area contributed by atoms with Crippen molar-refractivity contribution in [3.8, 4) is 5.75 Å². The lowest BCUT2D eigenvalue weighted by molar-refractivity contribution is -0.199. The Morgan fingerprint density at radius 1 is 1.30 bits per heavy atom. The molecule has 1 aliphatic heterocycles. The number of hydrogen-bond acceptors (Lipinski definition) is 6. The molecule has 1 heterocycles. The van der Waals surface area contributed by atoms with Crippen LogP contribution in [0.25, 0.3) is 0 Å². The monoisotopic (exact) mass is 459 g/mol. The molecule has 3 saturated carbocycles. The fraction of sp³-hybridized carbons (Fsp3) is 0.667. The molecular formula is C24H34BNO7. The highest BCUT2D eigenvalue weighted by Crippen LogP contribution is 2.65. The molecule has 2 bridgehead atoms. The number of methoxy groups -OCH3 is 1. The number of carboxylic acid groups (broad SMARTS) is 1. The predicted molar refractivity (Wildman–Crippen MR) is 122 cm³/mol. The van der Waals surface area contributed by atoms with E-state index in [1.165, 1.54) is 13.2 Å². The second kappa shape index (κ2) is 8.93. The van der Waals surface area contributed by atoms with Crippen molar-refractivity contribution in [3.63, 3.8) is 0 Å². The molecule has 0 spiro atoms. The van der Waals surface area contributed by atoms with E-state index in [1.807, 2.05) is 6.92 Å². The van der Waals surface area contributed by atoms with Crippen LogP contribution in [-0.4, -0.2) is 62.1 Å². The Hall–Kier alpha value is -2.10. The summed E-state index contributed by atoms with van der Waals surface area (Å²) in [5.74, 6) is -0.589. The Balaban J connectivity index is 1.60. The van der Waals surface area contributed by atoms with E-state index in [9.17, 15) is 14.7 Å². The minimum absolute atomic E-state index is 0.0298. The molecule has 5 atom stereocenters. The van der Waals surface area contributed by atoms with Crippen LogP contribution in [-0.2, 0) is 25.3 Å². The van der Waals surface area contributed by atoms with Crippen molar-refractivity contribution in [2.75, 3.05) is 20.3 Å². The molecule has 33 heavy (non-hydrogen) atoms. The number of carbonyl (C=O) groups is 2. The SMILES string of the molecule is CCOCC(=O)NC(Cc1cccc(C(=O)O)c1OC)B1OC2CC3CC(C3(C)C)C2(C)O1. The lowest BCUT2D eigenvalue weighted by atomic mass is 9.43. The molecule has 4 aliphatic rings. The van der Waals surface area contributed by atoms with Gasteiger partial charge in [-0.25, -0.2) is 4.79 Å². The molecule has 1 saturated heterocycles. The average Bonchev–Trinajstić information content (AvgIpc) is 3.13. The Morgan fingerprint density at radius 3 is 2.70 bits per heavy atom. The van der Waals surface area contributed by atoms with Gasteiger partial charge in [-0.1, -0.05) is 26.0 Å². The number of nitrogens with one attached hydrogen (secondary N) is 1. The minimum atomic E-state index is -1.07. The number of carboxylic acids is 1. The van der Waals surface area contributed by atoms with Gasteiger partial charge in [0.2, 0.25) is 5.91 Å². The maximum Gasteiger partial charge on any atom is 0.482 e. The van der Waals surface area contributed by atoms with E-state index in [0.29, 0.717) is 30.4 Å². The first kappa shape index (κ1) is 24.0. The van der Waals surface area contributed by atoms with Gasteiger partial charge < -0.3 is 29.2 Å². The number of amides is 1. The van der Waals surface area contributed by atoms with Crippen molar-refractivity contribution in [2.45, 2.75) is 64.6 Å². The third-order valence-electron chi connectivity index (χ3n) is 8.05. The van der Waals surface area contributed by atoms with Crippen LogP contribution in [0, 0.1) is 17.3 Å². The fourth-order valence-corrected chi connectivity index (χ4v) is 6.12. The van der Waals surface area contributed by atoms with Crippen LogP contribution in [0.4, 0.5) is 0 Å². The van der Waals surface area contributed by atoms with Crippen molar-refractivity contribution in [2.24, 2.45) is 17.3 Å². The first-order chi connectivity index (χ1) is 15.6. The van der Waals surface area contributed by atoms with Gasteiger partial charge >= 0.3 is 13.1 Å². The second-order valence-corrected chi connectivity index (χ2v) is 10.2. The highest BCUT2D eigenvalue weighted by molar-refractivity contribution is 6.48. The average molecular weight is 459 g/mol. The van der Waals surface area contributed by atoms with Crippen LogP contribution in [0.5, 0.6) is 5.75 Å². The largest absolute Gasteiger partial charge is 0.496 e. The maximum absolute atomic E-state index is 12.6. The molecule has 5 unspecified atom stereocenters. The van der Waals surface area contributed by atoms with Gasteiger partial charge in [-0.3, -0.25) is 4.79 Å². The van der Waals surface area contributed by atoms with Gasteiger partial charge in [0.25, 0.3) is 0 Å². The molecule has 1 aromatic carbocycles. The summed E-state index contributed by atoms with van der Waals surface area (Å²) in [5.41, 5.74) is 0.525. The smallest absolute Gasteiger partial charge is 0.482 e. The Kier molecular flexibility index (Phi) is 6.50. The molecule has 0 radical (unpaired) electrons. The Morgan fingerprint density at radius 2 is 2.06 bits per heavy atom. The summed E-state index contributed by atoms with van der Waals surface area (Å²) in [6, 6.07) is 4.98. The van der Waals surface area contributed by atoms with E-state index in [2.05, 4.69) is 26.1 Å². The first-order valence-corrected chi connectivity index (χ1v) is 11.7. The van der Waals surface area contributed by atoms with Gasteiger partial charge in [0, 0.05) is 6.61 Å². The van der Waals surface area contributed by atoms with Gasteiger partial charge in [0.1, 0.15) is 17.9 Å². The van der Waals surface area contributed by atoms with Gasteiger partial charge in [0.15, 0.2) is 0 Å². The summed E-state index contributed by atoms with van der Waals surface area (Å²) >= 11 is 0. The number of benzene rings is 1. The van der Waals surface area contributed by atoms with E-state index < -0.39 is 24.6 Å². The zero-order valence-corrected chi connectivity index (χ0v) is 20.1. The van der Waals surface area contributed by atoms with Crippen LogP contribution in [0.2, 0.25) is 0 Å². The normalized spacial score (nSPS) is 30.2. The van der Waals surface area contributed by atoms with Gasteiger partial charge in [-0.2, -0.15) is 0 Å². The third kappa shape index (κ3) is 4.15. The molecule has 8 nitrogen and oxygen atoms in total. The Labute approximate surface area is 195 Å². The fourth-order valence-electron chi connectivity index (χ4n) is 6.12. The van der Waals surface area contributed by atoms with Crippen molar-refractivity contribution in [3.05, 3.63) is 29.3 Å². The molecule has 9 heteroatoms. The molecule has 1 aromatic rings. The van der Waals surface area contributed by atoms with Crippen LogP contribution < -0.4 is 10.1 Å². The van der Waals surface area contributed by atoms with Crippen molar-refractivity contribution < 1.29 is 33.5 Å². The van der Waals surface area contributed by atoms with E-state index >= 15 is 0 Å². The van der Waals surface area contributed by atoms with Gasteiger partial charge in [0.05, 0.1) is 24.8 Å². The first-order valence-electron chi connectivity index (χ1n) is 11.7. The van der Waals surface area contributed by atoms with Crippen LogP contribution >= 0.6 is 0 Å².